The van der Waals surface area contributed by atoms with E-state index in [-0.39, 0.29) is 0 Å². The van der Waals surface area contributed by atoms with Gasteiger partial charge >= 0.3 is 0 Å². The van der Waals surface area contributed by atoms with Gasteiger partial charge < -0.3 is 4.74 Å². The molecule has 3 rings (SSSR count). The number of aldehydes is 1. The van der Waals surface area contributed by atoms with Crippen LogP contribution in [0.25, 0.3) is 21.9 Å². The minimum Gasteiger partial charge on any atom is -0.480 e. The van der Waals surface area contributed by atoms with Gasteiger partial charge in [-0.25, -0.2) is 4.98 Å². The molecule has 0 atom stereocenters. The summed E-state index contributed by atoms with van der Waals surface area (Å²) < 4.78 is 5.05. The highest BCUT2D eigenvalue weighted by Crippen LogP contribution is 2.26. The first-order valence-electron chi connectivity index (χ1n) is 6.30. The van der Waals surface area contributed by atoms with Crippen LogP contribution in [0.15, 0.2) is 54.7 Å². The van der Waals surface area contributed by atoms with Crippen LogP contribution in [0.3, 0.4) is 0 Å². The number of rotatable bonds is 3. The fraction of sp³-hybridized carbons (Fsp3) is 0.0588. The molecule has 0 fully saturated rings. The number of hydrogen-bond donors (Lipinski definition) is 0. The second-order valence-electron chi connectivity index (χ2n) is 4.50. The maximum Gasteiger partial charge on any atom is 0.223 e. The smallest absolute Gasteiger partial charge is 0.223 e. The Morgan fingerprint density at radius 2 is 1.80 bits per heavy atom. The Balaban J connectivity index is 2.12. The molecule has 0 saturated carbocycles. The topological polar surface area (TPSA) is 39.2 Å². The Hall–Kier alpha value is -2.68. The summed E-state index contributed by atoms with van der Waals surface area (Å²) in [6.45, 7) is 0. The van der Waals surface area contributed by atoms with Gasteiger partial charge in [-0.15, -0.1) is 0 Å². The van der Waals surface area contributed by atoms with Gasteiger partial charge in [-0.05, 0) is 28.5 Å². The lowest BCUT2D eigenvalue weighted by Gasteiger charge is -2.07. The van der Waals surface area contributed by atoms with Crippen molar-refractivity contribution in [3.05, 3.63) is 60.3 Å². The maximum absolute atomic E-state index is 11.1. The molecule has 0 aliphatic heterocycles. The third-order valence-electron chi connectivity index (χ3n) is 3.28. The molecule has 1 aromatic heterocycles. The molecule has 0 amide bonds. The summed E-state index contributed by atoms with van der Waals surface area (Å²) in [6, 6.07) is 16.1. The molecule has 0 N–H and O–H groups in total. The fourth-order valence-corrected chi connectivity index (χ4v) is 2.25. The molecule has 0 aliphatic carbocycles. The molecule has 3 aromatic rings. The van der Waals surface area contributed by atoms with Crippen molar-refractivity contribution >= 4 is 17.1 Å². The van der Waals surface area contributed by atoms with Gasteiger partial charge in [0.2, 0.25) is 5.88 Å². The van der Waals surface area contributed by atoms with Crippen molar-refractivity contribution in [2.75, 3.05) is 7.11 Å². The minimum atomic E-state index is 0.351. The van der Waals surface area contributed by atoms with Gasteiger partial charge in [0, 0.05) is 11.8 Å². The summed E-state index contributed by atoms with van der Waals surface area (Å²) in [5, 5.41) is 2.35. The second-order valence-corrected chi connectivity index (χ2v) is 4.50. The van der Waals surface area contributed by atoms with E-state index in [0.717, 1.165) is 22.8 Å². The third-order valence-corrected chi connectivity index (χ3v) is 3.28. The monoisotopic (exact) mass is 263 g/mol. The number of nitrogens with zero attached hydrogens (tertiary/aromatic N) is 1. The quantitative estimate of drug-likeness (QED) is 0.676. The first-order chi connectivity index (χ1) is 9.81. The number of aromatic nitrogens is 1. The average Bonchev–Trinajstić information content (AvgIpc) is 2.53. The normalized spacial score (nSPS) is 10.4. The van der Waals surface area contributed by atoms with Crippen molar-refractivity contribution in [2.24, 2.45) is 0 Å². The van der Waals surface area contributed by atoms with E-state index in [4.69, 9.17) is 4.74 Å². The lowest BCUT2D eigenvalue weighted by atomic mass is 10.0. The fourth-order valence-electron chi connectivity index (χ4n) is 2.25. The van der Waals surface area contributed by atoms with Crippen molar-refractivity contribution < 1.29 is 9.53 Å². The molecule has 3 heteroatoms. The number of carbonyl (C=O) groups excluding carboxylic acids is 1. The zero-order valence-electron chi connectivity index (χ0n) is 11.0. The van der Waals surface area contributed by atoms with E-state index >= 15 is 0 Å². The second kappa shape index (κ2) is 5.13. The molecule has 0 aliphatic rings. The highest BCUT2D eigenvalue weighted by atomic mass is 16.5. The summed E-state index contributed by atoms with van der Waals surface area (Å²) in [4.78, 5) is 15.2. The Bertz CT molecular complexity index is 781. The molecule has 0 unspecified atom stereocenters. The van der Waals surface area contributed by atoms with Crippen LogP contribution in [0.4, 0.5) is 0 Å². The number of carbonyl (C=O) groups is 1. The third kappa shape index (κ3) is 2.14. The summed E-state index contributed by atoms with van der Waals surface area (Å²) in [5.41, 5.74) is 2.39. The van der Waals surface area contributed by atoms with Crippen LogP contribution in [0, 0.1) is 0 Å². The molecule has 0 saturated heterocycles. The summed E-state index contributed by atoms with van der Waals surface area (Å²) in [7, 11) is 1.50. The molecule has 0 bridgehead atoms. The van der Waals surface area contributed by atoms with Gasteiger partial charge in [0.25, 0.3) is 0 Å². The molecule has 98 valence electrons. The predicted molar refractivity (Wildman–Crippen MR) is 79.1 cm³/mol. The molecule has 2 aromatic carbocycles. The van der Waals surface area contributed by atoms with Gasteiger partial charge in [0.15, 0.2) is 6.29 Å². The number of methoxy groups -OCH3 is 1. The van der Waals surface area contributed by atoms with Gasteiger partial charge in [0.1, 0.15) is 0 Å². The van der Waals surface area contributed by atoms with Gasteiger partial charge in [-0.1, -0.05) is 36.4 Å². The van der Waals surface area contributed by atoms with Crippen LogP contribution in [-0.2, 0) is 0 Å². The van der Waals surface area contributed by atoms with E-state index in [1.54, 1.807) is 12.3 Å². The van der Waals surface area contributed by atoms with Gasteiger partial charge in [-0.3, -0.25) is 4.79 Å². The van der Waals surface area contributed by atoms with E-state index < -0.39 is 0 Å². The number of fused-ring (bicyclic) bond motifs is 1. The summed E-state index contributed by atoms with van der Waals surface area (Å²) in [5.74, 6) is 0.351. The lowest BCUT2D eigenvalue weighted by molar-refractivity contribution is 0.112. The van der Waals surface area contributed by atoms with E-state index in [1.807, 2.05) is 18.2 Å². The summed E-state index contributed by atoms with van der Waals surface area (Å²) >= 11 is 0. The average molecular weight is 263 g/mol. The van der Waals surface area contributed by atoms with E-state index in [9.17, 15) is 4.79 Å². The van der Waals surface area contributed by atoms with Crippen LogP contribution in [-0.4, -0.2) is 18.4 Å². The largest absolute Gasteiger partial charge is 0.480 e. The Kier molecular flexibility index (Phi) is 3.17. The van der Waals surface area contributed by atoms with Crippen LogP contribution < -0.4 is 4.74 Å². The first-order valence-corrected chi connectivity index (χ1v) is 6.30. The molecule has 20 heavy (non-hydrogen) atoms. The number of ether oxygens (including phenoxy) is 1. The molecule has 1 heterocycles. The minimum absolute atomic E-state index is 0.351. The SMILES string of the molecule is COc1ncc(-c2ccc3ccccc3c2)cc1C=O. The van der Waals surface area contributed by atoms with Crippen molar-refractivity contribution in [2.45, 2.75) is 0 Å². The molecular weight excluding hydrogens is 250 g/mol. The van der Waals surface area contributed by atoms with E-state index in [1.165, 1.54) is 12.5 Å². The zero-order chi connectivity index (χ0) is 13.9. The van der Waals surface area contributed by atoms with Gasteiger partial charge in [-0.2, -0.15) is 0 Å². The first kappa shape index (κ1) is 12.4. The zero-order valence-corrected chi connectivity index (χ0v) is 11.0. The van der Waals surface area contributed by atoms with Crippen molar-refractivity contribution in [1.29, 1.82) is 0 Å². The Morgan fingerprint density at radius 1 is 1.00 bits per heavy atom. The lowest BCUT2D eigenvalue weighted by Crippen LogP contribution is -1.94. The van der Waals surface area contributed by atoms with Crippen molar-refractivity contribution in [3.63, 3.8) is 0 Å². The predicted octanol–water partition coefficient (Wildman–Crippen LogP) is 3.72. The van der Waals surface area contributed by atoms with Crippen LogP contribution in [0.2, 0.25) is 0 Å². The molecule has 0 spiro atoms. The number of hydrogen-bond acceptors (Lipinski definition) is 3. The number of benzene rings is 2. The standard InChI is InChI=1S/C17H13NO2/c1-20-17-16(11-19)9-15(10-18-17)14-7-6-12-4-2-3-5-13(12)8-14/h2-11H,1H3. The molecule has 0 radical (unpaired) electrons. The van der Waals surface area contributed by atoms with Crippen LogP contribution >= 0.6 is 0 Å². The van der Waals surface area contributed by atoms with Crippen molar-refractivity contribution in [3.8, 4) is 17.0 Å². The Morgan fingerprint density at radius 3 is 2.55 bits per heavy atom. The highest BCUT2D eigenvalue weighted by molar-refractivity contribution is 5.88. The van der Waals surface area contributed by atoms with E-state index in [2.05, 4.69) is 29.2 Å². The van der Waals surface area contributed by atoms with Crippen LogP contribution in [0.1, 0.15) is 10.4 Å². The van der Waals surface area contributed by atoms with E-state index in [0.29, 0.717) is 11.4 Å². The summed E-state index contributed by atoms with van der Waals surface area (Å²) in [6.07, 6.45) is 2.48. The molecule has 3 nitrogen and oxygen atoms in total. The molecular formula is C17H13NO2. The highest BCUT2D eigenvalue weighted by Gasteiger charge is 2.07. The maximum atomic E-state index is 11.1. The van der Waals surface area contributed by atoms with Crippen molar-refractivity contribution in [1.82, 2.24) is 4.98 Å². The Labute approximate surface area is 116 Å². The van der Waals surface area contributed by atoms with Gasteiger partial charge in [0.05, 0.1) is 12.7 Å². The van der Waals surface area contributed by atoms with Crippen LogP contribution in [0.5, 0.6) is 5.88 Å². The number of pyridine rings is 1.